The molecule has 0 saturated carbocycles. The van der Waals surface area contributed by atoms with Gasteiger partial charge >= 0.3 is 24.2 Å². The highest BCUT2D eigenvalue weighted by atomic mass is 35.5. The fourth-order valence-corrected chi connectivity index (χ4v) is 14.7. The Morgan fingerprint density at radius 3 is 1.27 bits per heavy atom. The lowest BCUT2D eigenvalue weighted by molar-refractivity contribution is 0.0223. The van der Waals surface area contributed by atoms with Crippen molar-refractivity contribution >= 4 is 105 Å². The molecule has 11 aromatic rings. The number of urea groups is 3. The lowest BCUT2D eigenvalue weighted by atomic mass is 9.99. The third-order valence-electron chi connectivity index (χ3n) is 19.2. The van der Waals surface area contributed by atoms with Crippen LogP contribution in [-0.4, -0.2) is 113 Å². The molecule has 0 aliphatic carbocycles. The molecule has 128 heavy (non-hydrogen) atoms. The normalized spacial score (nSPS) is 12.7. The number of halogens is 12. The number of hydrogen-bond donors (Lipinski definition) is 8. The zero-order chi connectivity index (χ0) is 93.4. The molecule has 29 nitrogen and oxygen atoms in total. The number of carbonyl (C=O) groups is 4. The first-order chi connectivity index (χ1) is 60.6. The van der Waals surface area contributed by atoms with E-state index in [0.717, 1.165) is 76.6 Å². The molecular formula is C87H93Cl5F7N21O8. The molecule has 7 amide bonds. The first-order valence-corrected chi connectivity index (χ1v) is 41.8. The number of benzene rings is 6. The average Bonchev–Trinajstić information content (AvgIpc) is 1.75. The van der Waals surface area contributed by atoms with Crippen LogP contribution < -0.4 is 57.6 Å². The number of carbonyl (C=O) groups excluding carboxylic acids is 4. The van der Waals surface area contributed by atoms with Crippen LogP contribution in [0.2, 0.25) is 20.1 Å². The van der Waals surface area contributed by atoms with E-state index in [0.29, 0.717) is 148 Å². The molecule has 3 aliphatic heterocycles. The van der Waals surface area contributed by atoms with Gasteiger partial charge in [0.25, 0.3) is 0 Å². The number of hydrogen-bond acceptors (Lipinski definition) is 17. The van der Waals surface area contributed by atoms with Crippen molar-refractivity contribution in [2.75, 3.05) is 60.3 Å². The van der Waals surface area contributed by atoms with Gasteiger partial charge in [0.05, 0.1) is 109 Å². The molecule has 0 fully saturated rings. The molecule has 0 spiro atoms. The first kappa shape index (κ1) is 97.8. The van der Waals surface area contributed by atoms with E-state index in [1.807, 2.05) is 102 Å². The molecule has 8 heterocycles. The predicted molar refractivity (Wildman–Crippen MR) is 476 cm³/mol. The molecule has 41 heteroatoms. The van der Waals surface area contributed by atoms with Crippen LogP contribution >= 0.6 is 58.2 Å². The van der Waals surface area contributed by atoms with Crippen molar-refractivity contribution in [1.29, 1.82) is 5.53 Å². The number of nitrogens with one attached hydrogen (secondary N) is 5. The number of para-hydroxylation sites is 3. The van der Waals surface area contributed by atoms with Gasteiger partial charge in [-0.05, 0) is 135 Å². The van der Waals surface area contributed by atoms with Gasteiger partial charge in [-0.3, -0.25) is 0 Å². The minimum Gasteiger partial charge on any atom is -0.491 e. The summed E-state index contributed by atoms with van der Waals surface area (Å²) in [6.45, 7) is 27.1. The number of aromatic nitrogens is 8. The number of anilines is 4. The zero-order valence-electron chi connectivity index (χ0n) is 71.5. The Morgan fingerprint density at radius 2 is 0.906 bits per heavy atom. The van der Waals surface area contributed by atoms with E-state index >= 15 is 22.0 Å². The quantitative estimate of drug-likeness (QED) is 0.0152. The fraction of sp³-hybridized carbons (Fsp3) is 0.322. The number of aryl methyl sites for hydroxylation is 3. The molecule has 5 aromatic heterocycles. The van der Waals surface area contributed by atoms with Crippen LogP contribution in [0.5, 0.6) is 17.2 Å². The monoisotopic (exact) mass is 1870 g/mol. The minimum absolute atomic E-state index is 0.0398. The van der Waals surface area contributed by atoms with Gasteiger partial charge in [-0.25, -0.2) is 69.5 Å². The maximum atomic E-state index is 15.8. The molecule has 3 aliphatic rings. The van der Waals surface area contributed by atoms with Crippen molar-refractivity contribution in [3.63, 3.8) is 0 Å². The number of nitrogens with zero attached hydrogens (tertiary/aromatic N) is 13. The molecule has 0 radical (unpaired) electrons. The Morgan fingerprint density at radius 1 is 0.523 bits per heavy atom. The summed E-state index contributed by atoms with van der Waals surface area (Å²) in [6.07, 6.45) is 3.73. The SMILES string of the molecule is Cc1cccc(OCC(C)C)c1-n1nc2c(c1-c1cc(F)c(NC(N)=O)cc1F)CN(C(=O)OC(C)(C)C)CC2.Cc1cccc(OCC(C)C)c1-n1nc2c(c1-c1cc(F)c(NC(N)=O)cc1F)CN(c1ncc(Cl)cc1Cl)CC2.Cc1cccc(OCC(C)C)c1-n1nc2c(c1-c1cc(F)c(NC(N)=O)cc1F)CNCC2.Fc1ncc(Cl)cc1Cl.N=NN=NCl. The van der Waals surface area contributed by atoms with Crippen molar-refractivity contribution in [2.45, 2.75) is 128 Å². The van der Waals surface area contributed by atoms with Crippen LogP contribution in [0.3, 0.4) is 0 Å². The van der Waals surface area contributed by atoms with Crippen LogP contribution in [0.25, 0.3) is 50.8 Å². The van der Waals surface area contributed by atoms with Crippen molar-refractivity contribution in [1.82, 2.24) is 49.5 Å². The number of rotatable bonds is 20. The second-order valence-corrected chi connectivity index (χ2v) is 33.6. The van der Waals surface area contributed by atoms with Gasteiger partial charge in [0.2, 0.25) is 5.95 Å². The summed E-state index contributed by atoms with van der Waals surface area (Å²) in [6, 6.07) is 22.5. The van der Waals surface area contributed by atoms with Crippen LogP contribution in [0.15, 0.2) is 131 Å². The number of amides is 7. The van der Waals surface area contributed by atoms with Gasteiger partial charge < -0.3 is 67.2 Å². The highest BCUT2D eigenvalue weighted by molar-refractivity contribution is 6.36. The van der Waals surface area contributed by atoms with E-state index in [-0.39, 0.29) is 69.4 Å². The molecular weight excluding hydrogens is 1780 g/mol. The average molecular weight is 1870 g/mol. The molecule has 14 rings (SSSR count). The highest BCUT2D eigenvalue weighted by Crippen LogP contribution is 2.45. The fourth-order valence-electron chi connectivity index (χ4n) is 13.8. The summed E-state index contributed by atoms with van der Waals surface area (Å²) in [7, 11) is 0. The standard InChI is InChI=1S/C29H28Cl2F2N6O2.C29H35F2N5O4.C24H27F2N5O2.C5H2Cl2FN.ClHN4/c1-15(2)14-41-25-6-4-5-16(3)26(25)39-27(18-10-22(33)24(11-21(18)32)36-29(34)40)19-13-38(8-7-23(19)37-39)28-20(31)9-17(30)12-35-28;1-16(2)15-39-24-9-7-8-17(3)25(24)36-26(18-12-21(31)23(13-20(18)30)33-27(32)37)19-14-35(11-10-22(19)34-36)28(38)40-29(4,5)6;1-13(2)12-33-21-6-4-5-14(3)22(21)31-23(16-11-28-8-7-19(16)30-31)15-9-18(26)20(10-17(15)25)29-24(27)32;6-3-1-4(7)5(8)9-2-3;1-3-5-4-2/h4-6,9-12,15H,7-8,13-14H2,1-3H3,(H3,34,36,40);7-9,12-13,16H,10-11,14-15H2,1-6H3,(H3,32,33,37);4-6,9-10,13,28H,7-8,11-12H2,1-3H3,(H3,27,29,32);1-2H;2H. The lowest BCUT2D eigenvalue weighted by Crippen LogP contribution is -2.39. The summed E-state index contributed by atoms with van der Waals surface area (Å²) in [5.41, 5.74) is 29.0. The topological polar surface area (TPSA) is 378 Å². The van der Waals surface area contributed by atoms with E-state index in [9.17, 15) is 28.0 Å². The van der Waals surface area contributed by atoms with Crippen molar-refractivity contribution in [3.05, 3.63) is 227 Å². The largest absolute Gasteiger partial charge is 0.491 e. The van der Waals surface area contributed by atoms with Gasteiger partial charge in [-0.1, -0.05) is 129 Å². The maximum Gasteiger partial charge on any atom is 0.410 e. The number of ether oxygens (including phenoxy) is 4. The Balaban J connectivity index is 0.000000186. The zero-order valence-corrected chi connectivity index (χ0v) is 75.3. The van der Waals surface area contributed by atoms with Crippen molar-refractivity contribution < 1.29 is 68.9 Å². The van der Waals surface area contributed by atoms with Crippen LogP contribution in [-0.2, 0) is 43.6 Å². The number of pyridine rings is 2. The molecule has 11 N–H and O–H groups in total. The first-order valence-electron chi connectivity index (χ1n) is 39.9. The molecule has 0 saturated heterocycles. The van der Waals surface area contributed by atoms with Crippen molar-refractivity contribution in [2.24, 2.45) is 50.0 Å². The number of primary amides is 3. The third kappa shape index (κ3) is 24.5. The molecule has 0 bridgehead atoms. The van der Waals surface area contributed by atoms with Gasteiger partial charge in [0.1, 0.15) is 80.6 Å². The van der Waals surface area contributed by atoms with Gasteiger partial charge in [-0.15, -0.1) is 0 Å². The van der Waals surface area contributed by atoms with Gasteiger partial charge in [0, 0.05) is 116 Å². The highest BCUT2D eigenvalue weighted by Gasteiger charge is 2.36. The third-order valence-corrected chi connectivity index (χ3v) is 20.2. The Labute approximate surface area is 757 Å². The maximum absolute atomic E-state index is 15.8. The summed E-state index contributed by atoms with van der Waals surface area (Å²) in [5.74, 6) is -2.44. The summed E-state index contributed by atoms with van der Waals surface area (Å²) in [5, 5.41) is 30.3. The van der Waals surface area contributed by atoms with Crippen LogP contribution in [0.4, 0.5) is 72.8 Å². The van der Waals surface area contributed by atoms with E-state index in [2.05, 4.69) is 71.9 Å². The summed E-state index contributed by atoms with van der Waals surface area (Å²) >= 11 is 27.8. The minimum atomic E-state index is -1.02. The molecule has 6 aromatic carbocycles. The number of fused-ring (bicyclic) bond motifs is 3. The smallest absolute Gasteiger partial charge is 0.410 e. The molecule has 0 atom stereocenters. The number of nitrogens with two attached hydrogens (primary N) is 3. The summed E-state index contributed by atoms with van der Waals surface area (Å²) in [4.78, 5) is 57.9. The molecule has 0 unspecified atom stereocenters. The van der Waals surface area contributed by atoms with Crippen LogP contribution in [0.1, 0.15) is 113 Å². The van der Waals surface area contributed by atoms with Gasteiger partial charge in [-0.2, -0.15) is 25.2 Å². The summed E-state index contributed by atoms with van der Waals surface area (Å²) < 4.78 is 136. The van der Waals surface area contributed by atoms with Crippen molar-refractivity contribution in [3.8, 4) is 68.1 Å². The Hall–Kier alpha value is -12.4. The van der Waals surface area contributed by atoms with E-state index < -0.39 is 70.6 Å². The Bertz CT molecular complexity index is 5970. The predicted octanol–water partition coefficient (Wildman–Crippen LogP) is 21.2. The lowest BCUT2D eigenvalue weighted by Gasteiger charge is -2.30. The second kappa shape index (κ2) is 43.4. The van der Waals surface area contributed by atoms with E-state index in [1.165, 1.54) is 23.4 Å². The van der Waals surface area contributed by atoms with Gasteiger partial charge in [0.15, 0.2) is 0 Å². The molecule has 678 valence electrons. The second-order valence-electron chi connectivity index (χ2n) is 31.7. The van der Waals surface area contributed by atoms with E-state index in [4.69, 9.17) is 103 Å². The van der Waals surface area contributed by atoms with Crippen LogP contribution in [0, 0.1) is 84.9 Å². The Kier molecular flexibility index (Phi) is 33.2. The van der Waals surface area contributed by atoms with E-state index in [1.54, 1.807) is 46.9 Å².